The van der Waals surface area contributed by atoms with Crippen molar-refractivity contribution in [2.75, 3.05) is 59.9 Å². The number of unbranched alkanes of at least 4 members (excludes halogenated alkanes) is 1. The predicted molar refractivity (Wildman–Crippen MR) is 66.1 cm³/mol. The minimum Gasteiger partial charge on any atom is -0.320 e. The minimum atomic E-state index is 1.21. The van der Waals surface area contributed by atoms with E-state index in [-0.39, 0.29) is 0 Å². The summed E-state index contributed by atoms with van der Waals surface area (Å²) in [7, 11) is 4.36. The van der Waals surface area contributed by atoms with Crippen LogP contribution in [0.3, 0.4) is 0 Å². The largest absolute Gasteiger partial charge is 0.320 e. The maximum atomic E-state index is 3.47. The van der Waals surface area contributed by atoms with Crippen LogP contribution >= 0.6 is 0 Å². The molecule has 1 N–H and O–H groups in total. The lowest BCUT2D eigenvalue weighted by Gasteiger charge is -2.42. The normalized spacial score (nSPS) is 20.8. The van der Waals surface area contributed by atoms with Gasteiger partial charge in [-0.1, -0.05) is 13.3 Å². The number of rotatable bonds is 6. The van der Waals surface area contributed by atoms with Gasteiger partial charge in [0.25, 0.3) is 0 Å². The molecule has 1 heterocycles. The smallest absolute Gasteiger partial charge is 0.0916 e. The molecule has 0 saturated carbocycles. The molecule has 0 bridgehead atoms. The Morgan fingerprint density at radius 1 is 1.13 bits per heavy atom. The topological polar surface area (TPSA) is 15.3 Å². The lowest BCUT2D eigenvalue weighted by atomic mass is 10.2. The number of piperazine rings is 1. The summed E-state index contributed by atoms with van der Waals surface area (Å²) in [6.07, 6.45) is 2.71. The van der Waals surface area contributed by atoms with Crippen molar-refractivity contribution in [3.05, 3.63) is 0 Å². The van der Waals surface area contributed by atoms with Crippen LogP contribution in [0.4, 0.5) is 0 Å². The van der Waals surface area contributed by atoms with E-state index < -0.39 is 0 Å². The maximum Gasteiger partial charge on any atom is 0.0916 e. The van der Waals surface area contributed by atoms with E-state index in [4.69, 9.17) is 0 Å². The molecule has 1 aliphatic heterocycles. The van der Waals surface area contributed by atoms with Gasteiger partial charge in [-0.05, 0) is 20.5 Å². The molecule has 1 fully saturated rings. The Hall–Kier alpha value is -0.120. The average Bonchev–Trinajstić information content (AvgIpc) is 2.25. The van der Waals surface area contributed by atoms with Gasteiger partial charge in [-0.2, -0.15) is 0 Å². The first-order valence-corrected chi connectivity index (χ1v) is 6.39. The zero-order valence-electron chi connectivity index (χ0n) is 10.8. The Kier molecular flexibility index (Phi) is 5.58. The molecule has 15 heavy (non-hydrogen) atoms. The first-order valence-electron chi connectivity index (χ1n) is 6.39. The zero-order chi connectivity index (χ0) is 11.1. The van der Waals surface area contributed by atoms with Gasteiger partial charge in [-0.15, -0.1) is 0 Å². The van der Waals surface area contributed by atoms with Crippen molar-refractivity contribution in [2.24, 2.45) is 0 Å². The third-order valence-electron chi connectivity index (χ3n) is 3.53. The highest BCUT2D eigenvalue weighted by Gasteiger charge is 2.28. The van der Waals surface area contributed by atoms with E-state index in [2.05, 4.69) is 31.2 Å². The molecule has 0 unspecified atom stereocenters. The highest BCUT2D eigenvalue weighted by Crippen LogP contribution is 2.11. The molecule has 3 heteroatoms. The number of nitrogens with one attached hydrogen (secondary N) is 1. The van der Waals surface area contributed by atoms with Gasteiger partial charge in [0.05, 0.1) is 26.2 Å². The molecule has 0 amide bonds. The predicted octanol–water partition coefficient (Wildman–Crippen LogP) is 0.768. The SMILES string of the molecule is CCCC[N+]1(CCN(C)C)CCNCC1. The Morgan fingerprint density at radius 2 is 1.80 bits per heavy atom. The Balaban J connectivity index is 2.42. The van der Waals surface area contributed by atoms with E-state index in [0.29, 0.717) is 0 Å². The van der Waals surface area contributed by atoms with Gasteiger partial charge in [0.15, 0.2) is 0 Å². The van der Waals surface area contributed by atoms with Gasteiger partial charge in [-0.3, -0.25) is 0 Å². The Morgan fingerprint density at radius 3 is 2.33 bits per heavy atom. The van der Waals surface area contributed by atoms with Crippen molar-refractivity contribution in [3.8, 4) is 0 Å². The first kappa shape index (κ1) is 12.9. The molecule has 0 atom stereocenters. The summed E-state index contributed by atoms with van der Waals surface area (Å²) in [5.41, 5.74) is 0. The highest BCUT2D eigenvalue weighted by atomic mass is 15.4. The summed E-state index contributed by atoms with van der Waals surface area (Å²) >= 11 is 0. The van der Waals surface area contributed by atoms with Crippen LogP contribution in [0.1, 0.15) is 19.8 Å². The summed E-state index contributed by atoms with van der Waals surface area (Å²) in [5.74, 6) is 0. The highest BCUT2D eigenvalue weighted by molar-refractivity contribution is 4.59. The molecule has 1 rings (SSSR count). The summed E-state index contributed by atoms with van der Waals surface area (Å²) in [5, 5.41) is 3.47. The molecule has 3 nitrogen and oxygen atoms in total. The van der Waals surface area contributed by atoms with Crippen molar-refractivity contribution in [1.29, 1.82) is 0 Å². The number of hydrogen-bond donors (Lipinski definition) is 1. The van der Waals surface area contributed by atoms with Crippen LogP contribution in [0.5, 0.6) is 0 Å². The molecule has 0 aromatic heterocycles. The summed E-state index contributed by atoms with van der Waals surface area (Å²) in [4.78, 5) is 2.31. The molecule has 1 aliphatic rings. The molecule has 0 radical (unpaired) electrons. The van der Waals surface area contributed by atoms with Crippen molar-refractivity contribution in [2.45, 2.75) is 19.8 Å². The first-order chi connectivity index (χ1) is 7.18. The minimum absolute atomic E-state index is 1.21. The quantitative estimate of drug-likeness (QED) is 0.657. The van der Waals surface area contributed by atoms with Crippen LogP contribution < -0.4 is 5.32 Å². The van der Waals surface area contributed by atoms with Crippen molar-refractivity contribution in [3.63, 3.8) is 0 Å². The van der Waals surface area contributed by atoms with E-state index in [1.165, 1.54) is 63.1 Å². The Bertz CT molecular complexity index is 162. The van der Waals surface area contributed by atoms with Gasteiger partial charge in [0.1, 0.15) is 0 Å². The molecule has 90 valence electrons. The summed E-state index contributed by atoms with van der Waals surface area (Å²) in [6, 6.07) is 0. The molecule has 0 aromatic carbocycles. The second-order valence-electron chi connectivity index (χ2n) is 5.14. The maximum absolute atomic E-state index is 3.47. The van der Waals surface area contributed by atoms with Crippen LogP contribution in [0.2, 0.25) is 0 Å². The van der Waals surface area contributed by atoms with E-state index in [1.807, 2.05) is 0 Å². The van der Waals surface area contributed by atoms with Crippen LogP contribution in [0.25, 0.3) is 0 Å². The lowest BCUT2D eigenvalue weighted by molar-refractivity contribution is -0.929. The van der Waals surface area contributed by atoms with Crippen LogP contribution in [0, 0.1) is 0 Å². The molecule has 0 aliphatic carbocycles. The van der Waals surface area contributed by atoms with E-state index >= 15 is 0 Å². The molecule has 0 spiro atoms. The number of nitrogens with zero attached hydrogens (tertiary/aromatic N) is 2. The fourth-order valence-corrected chi connectivity index (χ4v) is 2.33. The third kappa shape index (κ3) is 4.49. The number of hydrogen-bond acceptors (Lipinski definition) is 2. The molecule has 1 saturated heterocycles. The summed E-state index contributed by atoms with van der Waals surface area (Å²) in [6.45, 7) is 11.3. The Labute approximate surface area is 95.0 Å². The van der Waals surface area contributed by atoms with Gasteiger partial charge in [0.2, 0.25) is 0 Å². The van der Waals surface area contributed by atoms with Gasteiger partial charge < -0.3 is 14.7 Å². The number of quaternary nitrogens is 1. The van der Waals surface area contributed by atoms with Gasteiger partial charge >= 0.3 is 0 Å². The third-order valence-corrected chi connectivity index (χ3v) is 3.53. The second kappa shape index (κ2) is 6.46. The van der Waals surface area contributed by atoms with Gasteiger partial charge in [0, 0.05) is 19.6 Å². The monoisotopic (exact) mass is 214 g/mol. The second-order valence-corrected chi connectivity index (χ2v) is 5.14. The van der Waals surface area contributed by atoms with E-state index in [1.54, 1.807) is 0 Å². The van der Waals surface area contributed by atoms with Crippen molar-refractivity contribution in [1.82, 2.24) is 10.2 Å². The zero-order valence-corrected chi connectivity index (χ0v) is 10.8. The standard InChI is InChI=1S/C12H28N3/c1-4-5-9-15(12-8-14(2)3)10-6-13-7-11-15/h13H,4-12H2,1-3H3/q+1. The summed E-state index contributed by atoms with van der Waals surface area (Å²) < 4.78 is 1.35. The average molecular weight is 214 g/mol. The lowest BCUT2D eigenvalue weighted by Crippen LogP contribution is -2.60. The number of likely N-dealkylation sites (N-methyl/N-ethyl adjacent to an activating group) is 1. The van der Waals surface area contributed by atoms with Crippen molar-refractivity contribution < 1.29 is 4.48 Å². The van der Waals surface area contributed by atoms with Crippen molar-refractivity contribution >= 4 is 0 Å². The van der Waals surface area contributed by atoms with Crippen LogP contribution in [0.15, 0.2) is 0 Å². The fourth-order valence-electron chi connectivity index (χ4n) is 2.33. The van der Waals surface area contributed by atoms with Crippen LogP contribution in [-0.4, -0.2) is 69.3 Å². The van der Waals surface area contributed by atoms with Gasteiger partial charge in [-0.25, -0.2) is 0 Å². The van der Waals surface area contributed by atoms with Crippen LogP contribution in [-0.2, 0) is 0 Å². The van der Waals surface area contributed by atoms with E-state index in [0.717, 1.165) is 0 Å². The van der Waals surface area contributed by atoms with E-state index in [9.17, 15) is 0 Å². The molecular formula is C12H28N3+. The fraction of sp³-hybridized carbons (Fsp3) is 1.00. The molecular weight excluding hydrogens is 186 g/mol. The molecule has 0 aromatic rings.